The molecule has 1 amide bonds. The summed E-state index contributed by atoms with van der Waals surface area (Å²) in [6.07, 6.45) is 0.776. The number of carbonyl (C=O) groups is 2. The third-order valence-electron chi connectivity index (χ3n) is 3.74. The molecular formula is C17H23NO4. The molecule has 1 N–H and O–H groups in total. The van der Waals surface area contributed by atoms with E-state index in [0.717, 1.165) is 5.56 Å². The Kier molecular flexibility index (Phi) is 4.74. The van der Waals surface area contributed by atoms with Crippen molar-refractivity contribution in [3.05, 3.63) is 35.9 Å². The monoisotopic (exact) mass is 305 g/mol. The maximum Gasteiger partial charge on any atom is 0.411 e. The first-order valence-electron chi connectivity index (χ1n) is 7.54. The highest BCUT2D eigenvalue weighted by atomic mass is 16.6. The van der Waals surface area contributed by atoms with Gasteiger partial charge in [0.05, 0.1) is 0 Å². The van der Waals surface area contributed by atoms with Crippen LogP contribution in [0.1, 0.15) is 32.8 Å². The van der Waals surface area contributed by atoms with Gasteiger partial charge in [0.25, 0.3) is 0 Å². The average molecular weight is 305 g/mol. The molecule has 1 aliphatic heterocycles. The molecule has 1 aliphatic rings. The Bertz CT molecular complexity index is 535. The molecule has 1 aromatic carbocycles. The molecule has 120 valence electrons. The van der Waals surface area contributed by atoms with E-state index in [0.29, 0.717) is 19.4 Å². The first-order chi connectivity index (χ1) is 10.3. The van der Waals surface area contributed by atoms with Crippen molar-refractivity contribution in [3.8, 4) is 0 Å². The summed E-state index contributed by atoms with van der Waals surface area (Å²) in [4.78, 5) is 25.2. The molecule has 5 heteroatoms. The van der Waals surface area contributed by atoms with Crippen molar-refractivity contribution in [2.24, 2.45) is 5.92 Å². The number of hydrogen-bond acceptors (Lipinski definition) is 3. The molecule has 1 aromatic rings. The second-order valence-electron chi connectivity index (χ2n) is 6.70. The minimum Gasteiger partial charge on any atom is -0.480 e. The fourth-order valence-corrected chi connectivity index (χ4v) is 2.85. The van der Waals surface area contributed by atoms with Crippen molar-refractivity contribution in [1.29, 1.82) is 0 Å². The highest BCUT2D eigenvalue weighted by Crippen LogP contribution is 2.29. The number of carboxylic acid groups (broad SMARTS) is 1. The quantitative estimate of drug-likeness (QED) is 0.932. The molecular weight excluding hydrogens is 282 g/mol. The van der Waals surface area contributed by atoms with E-state index < -0.39 is 23.7 Å². The molecule has 1 heterocycles. The first kappa shape index (κ1) is 16.3. The van der Waals surface area contributed by atoms with Crippen LogP contribution in [0.15, 0.2) is 30.3 Å². The highest BCUT2D eigenvalue weighted by Gasteiger charge is 2.43. The molecule has 1 saturated heterocycles. The molecule has 0 saturated carbocycles. The number of rotatable bonds is 3. The van der Waals surface area contributed by atoms with E-state index in [4.69, 9.17) is 4.74 Å². The Balaban J connectivity index is 2.11. The van der Waals surface area contributed by atoms with Crippen molar-refractivity contribution in [2.45, 2.75) is 45.3 Å². The van der Waals surface area contributed by atoms with Crippen LogP contribution in [0, 0.1) is 5.92 Å². The van der Waals surface area contributed by atoms with E-state index in [1.807, 2.05) is 30.3 Å². The van der Waals surface area contributed by atoms with Gasteiger partial charge in [-0.15, -0.1) is 0 Å². The predicted molar refractivity (Wildman–Crippen MR) is 82.6 cm³/mol. The second kappa shape index (κ2) is 6.38. The Labute approximate surface area is 130 Å². The Hall–Kier alpha value is -2.04. The molecule has 1 fully saturated rings. The number of likely N-dealkylation sites (tertiary alicyclic amines) is 1. The zero-order valence-corrected chi connectivity index (χ0v) is 13.3. The summed E-state index contributed by atoms with van der Waals surface area (Å²) >= 11 is 0. The predicted octanol–water partition coefficient (Wildman–Crippen LogP) is 2.94. The lowest BCUT2D eigenvalue weighted by atomic mass is 9.92. The van der Waals surface area contributed by atoms with E-state index in [-0.39, 0.29) is 5.92 Å². The number of carbonyl (C=O) groups excluding carboxylic acids is 1. The van der Waals surface area contributed by atoms with Gasteiger partial charge in [0, 0.05) is 6.54 Å². The van der Waals surface area contributed by atoms with Gasteiger partial charge in [-0.1, -0.05) is 30.3 Å². The van der Waals surface area contributed by atoms with Crippen LogP contribution in [0.4, 0.5) is 4.79 Å². The van der Waals surface area contributed by atoms with Crippen molar-refractivity contribution in [3.63, 3.8) is 0 Å². The normalized spacial score (nSPS) is 21.7. The number of hydrogen-bond donors (Lipinski definition) is 1. The minimum absolute atomic E-state index is 0.0904. The maximum absolute atomic E-state index is 12.2. The molecule has 0 bridgehead atoms. The number of aliphatic carboxylic acids is 1. The largest absolute Gasteiger partial charge is 0.480 e. The van der Waals surface area contributed by atoms with Crippen LogP contribution in [-0.4, -0.2) is 40.3 Å². The fourth-order valence-electron chi connectivity index (χ4n) is 2.85. The van der Waals surface area contributed by atoms with Gasteiger partial charge in [0.15, 0.2) is 0 Å². The van der Waals surface area contributed by atoms with Crippen LogP contribution in [0.5, 0.6) is 0 Å². The average Bonchev–Trinajstić information content (AvgIpc) is 2.82. The van der Waals surface area contributed by atoms with Gasteiger partial charge in [0.2, 0.25) is 0 Å². The molecule has 0 radical (unpaired) electrons. The number of benzene rings is 1. The summed E-state index contributed by atoms with van der Waals surface area (Å²) in [7, 11) is 0. The van der Waals surface area contributed by atoms with Gasteiger partial charge < -0.3 is 9.84 Å². The zero-order chi connectivity index (χ0) is 16.3. The van der Waals surface area contributed by atoms with E-state index >= 15 is 0 Å². The fraction of sp³-hybridized carbons (Fsp3) is 0.529. The van der Waals surface area contributed by atoms with Gasteiger partial charge in [-0.2, -0.15) is 0 Å². The third-order valence-corrected chi connectivity index (χ3v) is 3.74. The Morgan fingerprint density at radius 3 is 2.45 bits per heavy atom. The van der Waals surface area contributed by atoms with Crippen molar-refractivity contribution < 1.29 is 19.4 Å². The topological polar surface area (TPSA) is 66.8 Å². The van der Waals surface area contributed by atoms with E-state index in [1.54, 1.807) is 20.8 Å². The summed E-state index contributed by atoms with van der Waals surface area (Å²) in [5.74, 6) is -1.06. The Morgan fingerprint density at radius 1 is 1.27 bits per heavy atom. The molecule has 0 spiro atoms. The van der Waals surface area contributed by atoms with Crippen LogP contribution in [0.25, 0.3) is 0 Å². The van der Waals surface area contributed by atoms with Crippen LogP contribution >= 0.6 is 0 Å². The zero-order valence-electron chi connectivity index (χ0n) is 13.3. The van der Waals surface area contributed by atoms with E-state index in [1.165, 1.54) is 4.90 Å². The maximum atomic E-state index is 12.2. The van der Waals surface area contributed by atoms with Gasteiger partial charge in [-0.05, 0) is 45.1 Å². The highest BCUT2D eigenvalue weighted by molar-refractivity contribution is 5.81. The Morgan fingerprint density at radius 2 is 1.91 bits per heavy atom. The summed E-state index contributed by atoms with van der Waals surface area (Å²) in [5.41, 5.74) is 0.460. The molecule has 2 atom stereocenters. The first-order valence-corrected chi connectivity index (χ1v) is 7.54. The van der Waals surface area contributed by atoms with Gasteiger partial charge in [-0.3, -0.25) is 4.90 Å². The molecule has 0 aromatic heterocycles. The van der Waals surface area contributed by atoms with Gasteiger partial charge >= 0.3 is 12.1 Å². The minimum atomic E-state index is -0.968. The van der Waals surface area contributed by atoms with E-state index in [9.17, 15) is 14.7 Å². The molecule has 0 aliphatic carbocycles. The van der Waals surface area contributed by atoms with Crippen molar-refractivity contribution >= 4 is 12.1 Å². The van der Waals surface area contributed by atoms with E-state index in [2.05, 4.69) is 0 Å². The van der Waals surface area contributed by atoms with Gasteiger partial charge in [0.1, 0.15) is 11.6 Å². The molecule has 1 unspecified atom stereocenters. The van der Waals surface area contributed by atoms with Crippen molar-refractivity contribution in [1.82, 2.24) is 4.90 Å². The molecule has 22 heavy (non-hydrogen) atoms. The van der Waals surface area contributed by atoms with Crippen LogP contribution in [0.2, 0.25) is 0 Å². The number of nitrogens with zero attached hydrogens (tertiary/aromatic N) is 1. The summed E-state index contributed by atoms with van der Waals surface area (Å²) in [6, 6.07) is 8.94. The van der Waals surface area contributed by atoms with Crippen molar-refractivity contribution in [2.75, 3.05) is 6.54 Å². The lowest BCUT2D eigenvalue weighted by molar-refractivity contribution is -0.143. The lowest BCUT2D eigenvalue weighted by Crippen LogP contribution is -2.45. The SMILES string of the molecule is CC(C)(C)OC(=O)N1CCC(Cc2ccccc2)[C@H]1C(=O)O. The van der Waals surface area contributed by atoms with Crippen LogP contribution in [0.3, 0.4) is 0 Å². The summed E-state index contributed by atoms with van der Waals surface area (Å²) in [6.45, 7) is 5.75. The van der Waals surface area contributed by atoms with Crippen LogP contribution in [-0.2, 0) is 16.0 Å². The second-order valence-corrected chi connectivity index (χ2v) is 6.70. The van der Waals surface area contributed by atoms with Gasteiger partial charge in [-0.25, -0.2) is 9.59 Å². The molecule has 5 nitrogen and oxygen atoms in total. The summed E-state index contributed by atoms with van der Waals surface area (Å²) in [5, 5.41) is 9.53. The number of carboxylic acids is 1. The third kappa shape index (κ3) is 4.00. The molecule has 2 rings (SSSR count). The standard InChI is InChI=1S/C17H23NO4/c1-17(2,3)22-16(21)18-10-9-13(14(18)15(19)20)11-12-7-5-4-6-8-12/h4-8,13-14H,9-11H2,1-3H3,(H,19,20)/t13?,14-/m0/s1. The number of amides is 1. The van der Waals surface area contributed by atoms with Crippen LogP contribution < -0.4 is 0 Å². The smallest absolute Gasteiger partial charge is 0.411 e. The lowest BCUT2D eigenvalue weighted by Gasteiger charge is -2.28. The number of ether oxygens (including phenoxy) is 1. The summed E-state index contributed by atoms with van der Waals surface area (Å²) < 4.78 is 5.32.